The number of likely N-dealkylation sites (N-methyl/N-ethyl adjacent to an activating group) is 1. The Morgan fingerprint density at radius 2 is 2.13 bits per heavy atom. The van der Waals surface area contributed by atoms with E-state index in [1.807, 2.05) is 18.2 Å². The van der Waals surface area contributed by atoms with E-state index in [0.717, 1.165) is 23.5 Å². The maximum atomic E-state index is 12.3. The molecule has 2 aromatic rings. The van der Waals surface area contributed by atoms with Crippen molar-refractivity contribution in [2.24, 2.45) is 5.92 Å². The molecule has 4 nitrogen and oxygen atoms in total. The molecule has 2 N–H and O–H groups in total. The van der Waals surface area contributed by atoms with Gasteiger partial charge in [0.05, 0.1) is 17.3 Å². The lowest BCUT2D eigenvalue weighted by Gasteiger charge is -2.29. The van der Waals surface area contributed by atoms with Crippen LogP contribution in [0.1, 0.15) is 37.6 Å². The number of rotatable bonds is 5. The standard InChI is InChI=1S/C18H25N3OS/c1-13-7-3-4-8-14(13)19-17(22)11-21(2)12-18-20-15-9-5-6-10-16(15)23-18/h5-6,9-10,13-14H,3-4,7-8,11-12H2,1-2H3,(H,19,22)/p+1/t13-,14-/m1/s1. The van der Waals surface area contributed by atoms with Gasteiger partial charge in [-0.05, 0) is 30.9 Å². The van der Waals surface area contributed by atoms with Gasteiger partial charge in [-0.15, -0.1) is 11.3 Å². The van der Waals surface area contributed by atoms with Crippen molar-refractivity contribution in [3.05, 3.63) is 29.3 Å². The molecule has 1 unspecified atom stereocenters. The van der Waals surface area contributed by atoms with Crippen LogP contribution in [0.4, 0.5) is 0 Å². The Morgan fingerprint density at radius 1 is 1.35 bits per heavy atom. The summed E-state index contributed by atoms with van der Waals surface area (Å²) in [6.07, 6.45) is 4.91. The molecule has 1 aromatic heterocycles. The van der Waals surface area contributed by atoms with Gasteiger partial charge in [0.15, 0.2) is 6.54 Å². The second-order valence-corrected chi connectivity index (χ2v) is 7.94. The Hall–Kier alpha value is -1.46. The lowest BCUT2D eigenvalue weighted by molar-refractivity contribution is -0.885. The molecule has 1 heterocycles. The van der Waals surface area contributed by atoms with Crippen molar-refractivity contribution in [1.82, 2.24) is 10.3 Å². The van der Waals surface area contributed by atoms with Gasteiger partial charge in [-0.25, -0.2) is 4.98 Å². The number of carbonyl (C=O) groups excluding carboxylic acids is 1. The molecule has 1 fully saturated rings. The highest BCUT2D eigenvalue weighted by atomic mass is 32.1. The third-order valence-electron chi connectivity index (χ3n) is 4.71. The number of hydrogen-bond donors (Lipinski definition) is 2. The van der Waals surface area contributed by atoms with Crippen molar-refractivity contribution >= 4 is 27.5 Å². The van der Waals surface area contributed by atoms with E-state index in [4.69, 9.17) is 0 Å². The molecule has 1 amide bonds. The van der Waals surface area contributed by atoms with Crippen LogP contribution in [0.2, 0.25) is 0 Å². The summed E-state index contributed by atoms with van der Waals surface area (Å²) in [5, 5.41) is 4.33. The first kappa shape index (κ1) is 16.4. The topological polar surface area (TPSA) is 46.4 Å². The molecule has 3 atom stereocenters. The summed E-state index contributed by atoms with van der Waals surface area (Å²) in [5.41, 5.74) is 1.06. The van der Waals surface area contributed by atoms with Crippen LogP contribution in [0.3, 0.4) is 0 Å². The highest BCUT2D eigenvalue weighted by Crippen LogP contribution is 2.23. The van der Waals surface area contributed by atoms with Crippen LogP contribution in [0.15, 0.2) is 24.3 Å². The van der Waals surface area contributed by atoms with E-state index in [-0.39, 0.29) is 5.91 Å². The van der Waals surface area contributed by atoms with Crippen LogP contribution in [0.25, 0.3) is 10.2 Å². The van der Waals surface area contributed by atoms with Gasteiger partial charge in [-0.2, -0.15) is 0 Å². The van der Waals surface area contributed by atoms with Crippen LogP contribution < -0.4 is 10.2 Å². The van der Waals surface area contributed by atoms with Crippen LogP contribution in [0.5, 0.6) is 0 Å². The zero-order valence-electron chi connectivity index (χ0n) is 14.0. The number of fused-ring (bicyclic) bond motifs is 1. The van der Waals surface area contributed by atoms with Gasteiger partial charge in [0.2, 0.25) is 0 Å². The summed E-state index contributed by atoms with van der Waals surface area (Å²) >= 11 is 1.73. The third-order valence-corrected chi connectivity index (χ3v) is 5.75. The molecule has 0 radical (unpaired) electrons. The number of amides is 1. The van der Waals surface area contributed by atoms with Crippen LogP contribution in [-0.4, -0.2) is 30.5 Å². The Bertz CT molecular complexity index is 636. The molecule has 3 rings (SSSR count). The fourth-order valence-corrected chi connectivity index (χ4v) is 4.46. The zero-order valence-corrected chi connectivity index (χ0v) is 14.8. The average Bonchev–Trinajstić information content (AvgIpc) is 2.91. The Morgan fingerprint density at radius 3 is 2.91 bits per heavy atom. The first-order valence-electron chi connectivity index (χ1n) is 8.57. The number of benzene rings is 1. The molecular formula is C18H26N3OS+. The minimum atomic E-state index is 0.169. The SMILES string of the molecule is C[C@@H]1CCCC[C@H]1NC(=O)C[NH+](C)Cc1nc2ccccc2s1. The fourth-order valence-electron chi connectivity index (χ4n) is 3.38. The number of nitrogens with one attached hydrogen (secondary N) is 2. The first-order valence-corrected chi connectivity index (χ1v) is 9.38. The summed E-state index contributed by atoms with van der Waals surface area (Å²) in [4.78, 5) is 18.1. The van der Waals surface area contributed by atoms with E-state index in [9.17, 15) is 4.79 Å². The van der Waals surface area contributed by atoms with Gasteiger partial charge in [-0.1, -0.05) is 31.9 Å². The summed E-state index contributed by atoms with van der Waals surface area (Å²) < 4.78 is 1.22. The molecule has 0 spiro atoms. The minimum absolute atomic E-state index is 0.169. The van der Waals surface area contributed by atoms with E-state index in [0.29, 0.717) is 18.5 Å². The second-order valence-electron chi connectivity index (χ2n) is 6.82. The molecule has 0 aliphatic heterocycles. The van der Waals surface area contributed by atoms with Gasteiger partial charge >= 0.3 is 0 Å². The first-order chi connectivity index (χ1) is 11.1. The van der Waals surface area contributed by atoms with Gasteiger partial charge in [0.25, 0.3) is 5.91 Å². The molecule has 23 heavy (non-hydrogen) atoms. The summed E-state index contributed by atoms with van der Waals surface area (Å²) in [6.45, 7) is 3.56. The van der Waals surface area contributed by atoms with Crippen molar-refractivity contribution in [3.8, 4) is 0 Å². The van der Waals surface area contributed by atoms with Crippen molar-refractivity contribution in [1.29, 1.82) is 0 Å². The maximum absolute atomic E-state index is 12.3. The largest absolute Gasteiger partial charge is 0.348 e. The van der Waals surface area contributed by atoms with E-state index < -0.39 is 0 Å². The lowest BCUT2D eigenvalue weighted by Crippen LogP contribution is -3.09. The fraction of sp³-hybridized carbons (Fsp3) is 0.556. The average molecular weight is 332 g/mol. The van der Waals surface area contributed by atoms with Crippen molar-refractivity contribution in [2.75, 3.05) is 13.6 Å². The zero-order chi connectivity index (χ0) is 16.2. The second kappa shape index (κ2) is 7.41. The predicted molar refractivity (Wildman–Crippen MR) is 94.6 cm³/mol. The molecule has 1 saturated carbocycles. The van der Waals surface area contributed by atoms with Crippen LogP contribution >= 0.6 is 11.3 Å². The van der Waals surface area contributed by atoms with E-state index in [2.05, 4.69) is 30.3 Å². The number of nitrogens with zero attached hydrogens (tertiary/aromatic N) is 1. The molecule has 5 heteroatoms. The molecule has 1 aliphatic carbocycles. The maximum Gasteiger partial charge on any atom is 0.275 e. The number of carbonyl (C=O) groups is 1. The molecule has 1 aromatic carbocycles. The highest BCUT2D eigenvalue weighted by molar-refractivity contribution is 7.18. The summed E-state index contributed by atoms with van der Waals surface area (Å²) in [7, 11) is 2.07. The van der Waals surface area contributed by atoms with Crippen molar-refractivity contribution in [2.45, 2.75) is 45.2 Å². The summed E-state index contributed by atoms with van der Waals surface area (Å²) in [5.74, 6) is 0.777. The van der Waals surface area contributed by atoms with E-state index >= 15 is 0 Å². The minimum Gasteiger partial charge on any atom is -0.348 e. The number of para-hydroxylation sites is 1. The molecule has 124 valence electrons. The number of hydrogen-bond acceptors (Lipinski definition) is 3. The number of quaternary nitrogens is 1. The molecule has 0 bridgehead atoms. The quantitative estimate of drug-likeness (QED) is 0.880. The Labute approximate surface area is 141 Å². The van der Waals surface area contributed by atoms with Gasteiger partial charge < -0.3 is 10.2 Å². The van der Waals surface area contributed by atoms with Crippen LogP contribution in [-0.2, 0) is 11.3 Å². The smallest absolute Gasteiger partial charge is 0.275 e. The normalized spacial score (nSPS) is 22.9. The molecule has 1 aliphatic rings. The lowest BCUT2D eigenvalue weighted by atomic mass is 9.86. The number of thiazole rings is 1. The molecule has 0 saturated heterocycles. The predicted octanol–water partition coefficient (Wildman–Crippen LogP) is 2.01. The van der Waals surface area contributed by atoms with E-state index in [1.165, 1.54) is 28.9 Å². The molecular weight excluding hydrogens is 306 g/mol. The van der Waals surface area contributed by atoms with Crippen molar-refractivity contribution < 1.29 is 9.69 Å². The Kier molecular flexibility index (Phi) is 5.28. The highest BCUT2D eigenvalue weighted by Gasteiger charge is 2.24. The van der Waals surface area contributed by atoms with E-state index in [1.54, 1.807) is 11.3 Å². The van der Waals surface area contributed by atoms with Gasteiger partial charge in [0, 0.05) is 6.04 Å². The van der Waals surface area contributed by atoms with Gasteiger partial charge in [-0.3, -0.25) is 4.79 Å². The van der Waals surface area contributed by atoms with Gasteiger partial charge in [0.1, 0.15) is 11.6 Å². The van der Waals surface area contributed by atoms with Crippen molar-refractivity contribution in [3.63, 3.8) is 0 Å². The third kappa shape index (κ3) is 4.30. The van der Waals surface area contributed by atoms with Crippen LogP contribution in [0, 0.1) is 5.92 Å². The Balaban J connectivity index is 1.52. The number of aromatic nitrogens is 1. The monoisotopic (exact) mass is 332 g/mol. The summed E-state index contributed by atoms with van der Waals surface area (Å²) in [6, 6.07) is 8.57.